The van der Waals surface area contributed by atoms with E-state index >= 15 is 0 Å². The van der Waals surface area contributed by atoms with Crippen molar-refractivity contribution < 1.29 is 9.84 Å². The molecule has 0 aliphatic carbocycles. The second kappa shape index (κ2) is 8.29. The molecule has 1 fully saturated rings. The molecular weight excluding hydrogens is 300 g/mol. The molecule has 0 radical (unpaired) electrons. The molecule has 4 nitrogen and oxygen atoms in total. The van der Waals surface area contributed by atoms with E-state index in [1.807, 2.05) is 42.5 Å². The van der Waals surface area contributed by atoms with Gasteiger partial charge in [-0.2, -0.15) is 0 Å². The summed E-state index contributed by atoms with van der Waals surface area (Å²) in [6.07, 6.45) is -0.410. The van der Waals surface area contributed by atoms with E-state index in [0.717, 1.165) is 44.0 Å². The summed E-state index contributed by atoms with van der Waals surface area (Å²) in [6, 6.07) is 18.1. The van der Waals surface area contributed by atoms with Crippen molar-refractivity contribution in [2.24, 2.45) is 0 Å². The van der Waals surface area contributed by atoms with Crippen molar-refractivity contribution in [2.45, 2.75) is 12.6 Å². The topological polar surface area (TPSA) is 35.9 Å². The lowest BCUT2D eigenvalue weighted by Gasteiger charge is -2.35. The Bertz CT molecular complexity index is 625. The van der Waals surface area contributed by atoms with Crippen LogP contribution in [0.15, 0.2) is 54.6 Å². The summed E-state index contributed by atoms with van der Waals surface area (Å²) in [6.45, 7) is 5.61. The van der Waals surface area contributed by atoms with E-state index in [0.29, 0.717) is 6.54 Å². The molecule has 0 saturated carbocycles. The number of hydrogen-bond donors (Lipinski definition) is 1. The number of para-hydroxylation sites is 1. The first-order valence-electron chi connectivity index (χ1n) is 8.56. The number of aliphatic hydroxyl groups excluding tert-OH is 1. The van der Waals surface area contributed by atoms with Crippen molar-refractivity contribution >= 4 is 0 Å². The lowest BCUT2D eigenvalue weighted by Crippen LogP contribution is -2.47. The van der Waals surface area contributed by atoms with Crippen LogP contribution in [0.1, 0.15) is 17.2 Å². The lowest BCUT2D eigenvalue weighted by atomic mass is 10.1. The van der Waals surface area contributed by atoms with Crippen LogP contribution < -0.4 is 4.74 Å². The summed E-state index contributed by atoms with van der Waals surface area (Å²) in [4.78, 5) is 4.79. The van der Waals surface area contributed by atoms with Gasteiger partial charge in [-0.1, -0.05) is 48.5 Å². The summed E-state index contributed by atoms with van der Waals surface area (Å²) in [5.41, 5.74) is 2.23. The molecule has 2 aromatic carbocycles. The first kappa shape index (κ1) is 17.0. The Balaban J connectivity index is 1.49. The van der Waals surface area contributed by atoms with E-state index in [9.17, 15) is 5.11 Å². The highest BCUT2D eigenvalue weighted by Gasteiger charge is 2.20. The van der Waals surface area contributed by atoms with Gasteiger partial charge >= 0.3 is 0 Å². The van der Waals surface area contributed by atoms with E-state index < -0.39 is 6.10 Å². The van der Waals surface area contributed by atoms with Crippen molar-refractivity contribution in [1.29, 1.82) is 0 Å². The Morgan fingerprint density at radius 3 is 2.25 bits per heavy atom. The Kier molecular flexibility index (Phi) is 5.86. The molecule has 128 valence electrons. The number of β-amino-alcohol motifs (C(OH)–C–C–N with tert-alkyl or cyclic N) is 1. The van der Waals surface area contributed by atoms with Gasteiger partial charge in [0.1, 0.15) is 5.75 Å². The normalized spacial score (nSPS) is 17.6. The Hall–Kier alpha value is -1.88. The smallest absolute Gasteiger partial charge is 0.123 e. The van der Waals surface area contributed by atoms with Gasteiger partial charge in [0.15, 0.2) is 0 Å². The zero-order valence-corrected chi connectivity index (χ0v) is 14.3. The summed E-state index contributed by atoms with van der Waals surface area (Å²) >= 11 is 0. The summed E-state index contributed by atoms with van der Waals surface area (Å²) in [5, 5.41) is 10.4. The molecule has 2 aromatic rings. The van der Waals surface area contributed by atoms with Crippen LogP contribution in [0.3, 0.4) is 0 Å². The molecule has 24 heavy (non-hydrogen) atoms. The molecule has 0 aromatic heterocycles. The van der Waals surface area contributed by atoms with Gasteiger partial charge in [-0.15, -0.1) is 0 Å². The van der Waals surface area contributed by atoms with Crippen LogP contribution in [0.25, 0.3) is 0 Å². The first-order chi connectivity index (χ1) is 11.8. The van der Waals surface area contributed by atoms with Crippen molar-refractivity contribution in [2.75, 3.05) is 39.8 Å². The van der Waals surface area contributed by atoms with Crippen molar-refractivity contribution in [1.82, 2.24) is 9.80 Å². The van der Waals surface area contributed by atoms with Gasteiger partial charge in [0, 0.05) is 44.8 Å². The Morgan fingerprint density at radius 2 is 1.54 bits per heavy atom. The van der Waals surface area contributed by atoms with Crippen molar-refractivity contribution in [3.05, 3.63) is 65.7 Å². The summed E-state index contributed by atoms with van der Waals surface area (Å²) < 4.78 is 5.44. The fourth-order valence-electron chi connectivity index (χ4n) is 3.23. The Labute approximate surface area is 144 Å². The zero-order chi connectivity index (χ0) is 16.8. The molecule has 1 saturated heterocycles. The molecule has 1 aliphatic rings. The number of benzene rings is 2. The largest absolute Gasteiger partial charge is 0.496 e. The molecule has 1 atom stereocenters. The molecule has 4 heteroatoms. The van der Waals surface area contributed by atoms with Gasteiger partial charge in [-0.05, 0) is 11.6 Å². The van der Waals surface area contributed by atoms with Gasteiger partial charge in [0.05, 0.1) is 13.2 Å². The van der Waals surface area contributed by atoms with Crippen molar-refractivity contribution in [3.8, 4) is 5.75 Å². The number of piperazine rings is 1. The molecule has 0 spiro atoms. The van der Waals surface area contributed by atoms with Gasteiger partial charge in [-0.25, -0.2) is 0 Å². The van der Waals surface area contributed by atoms with Crippen LogP contribution in [0.5, 0.6) is 5.75 Å². The molecular formula is C20H26N2O2. The molecule has 3 rings (SSSR count). The number of methoxy groups -OCH3 is 1. The lowest BCUT2D eigenvalue weighted by molar-refractivity contribution is 0.0698. The highest BCUT2D eigenvalue weighted by molar-refractivity contribution is 5.33. The van der Waals surface area contributed by atoms with Crippen LogP contribution in [0.2, 0.25) is 0 Å². The standard InChI is InChI=1S/C20H26N2O2/c1-24-20-10-6-5-9-18(20)15-21-11-13-22(14-12-21)16-19(23)17-7-3-2-4-8-17/h2-10,19,23H,11-16H2,1H3. The highest BCUT2D eigenvalue weighted by atomic mass is 16.5. The minimum atomic E-state index is -0.410. The monoisotopic (exact) mass is 326 g/mol. The number of hydrogen-bond acceptors (Lipinski definition) is 4. The van der Waals surface area contributed by atoms with Crippen LogP contribution in [0, 0.1) is 0 Å². The van der Waals surface area contributed by atoms with E-state index in [1.165, 1.54) is 5.56 Å². The maximum atomic E-state index is 10.4. The summed E-state index contributed by atoms with van der Waals surface area (Å²) in [7, 11) is 1.72. The average Bonchev–Trinajstić information content (AvgIpc) is 2.64. The molecule has 1 N–H and O–H groups in total. The molecule has 1 unspecified atom stereocenters. The van der Waals surface area contributed by atoms with E-state index in [-0.39, 0.29) is 0 Å². The molecule has 1 heterocycles. The van der Waals surface area contributed by atoms with E-state index in [4.69, 9.17) is 4.74 Å². The van der Waals surface area contributed by atoms with Gasteiger partial charge in [-0.3, -0.25) is 9.80 Å². The first-order valence-corrected chi connectivity index (χ1v) is 8.56. The van der Waals surface area contributed by atoms with E-state index in [1.54, 1.807) is 7.11 Å². The minimum Gasteiger partial charge on any atom is -0.496 e. The maximum absolute atomic E-state index is 10.4. The van der Waals surface area contributed by atoms with Gasteiger partial charge in [0.25, 0.3) is 0 Å². The van der Waals surface area contributed by atoms with Crippen LogP contribution in [0.4, 0.5) is 0 Å². The van der Waals surface area contributed by atoms with Crippen molar-refractivity contribution in [3.63, 3.8) is 0 Å². The number of nitrogens with zero attached hydrogens (tertiary/aromatic N) is 2. The van der Waals surface area contributed by atoms with Crippen LogP contribution in [-0.4, -0.2) is 54.7 Å². The second-order valence-corrected chi connectivity index (χ2v) is 6.32. The van der Waals surface area contributed by atoms with E-state index in [2.05, 4.69) is 21.9 Å². The fraction of sp³-hybridized carbons (Fsp3) is 0.400. The number of ether oxygens (including phenoxy) is 1. The third-order valence-corrected chi connectivity index (χ3v) is 4.67. The number of rotatable bonds is 6. The maximum Gasteiger partial charge on any atom is 0.123 e. The van der Waals surface area contributed by atoms with Crippen LogP contribution >= 0.6 is 0 Å². The second-order valence-electron chi connectivity index (χ2n) is 6.32. The predicted molar refractivity (Wildman–Crippen MR) is 96.1 cm³/mol. The van der Waals surface area contributed by atoms with Gasteiger partial charge < -0.3 is 9.84 Å². The number of aliphatic hydroxyl groups is 1. The van der Waals surface area contributed by atoms with Crippen LogP contribution in [-0.2, 0) is 6.54 Å². The molecule has 0 amide bonds. The predicted octanol–water partition coefficient (Wildman–Crippen LogP) is 2.55. The third kappa shape index (κ3) is 4.35. The highest BCUT2D eigenvalue weighted by Crippen LogP contribution is 2.20. The third-order valence-electron chi connectivity index (χ3n) is 4.67. The Morgan fingerprint density at radius 1 is 0.917 bits per heavy atom. The zero-order valence-electron chi connectivity index (χ0n) is 14.3. The van der Waals surface area contributed by atoms with Gasteiger partial charge in [0.2, 0.25) is 0 Å². The molecule has 1 aliphatic heterocycles. The average molecular weight is 326 g/mol. The molecule has 0 bridgehead atoms. The minimum absolute atomic E-state index is 0.410. The quantitative estimate of drug-likeness (QED) is 0.885. The fourth-order valence-corrected chi connectivity index (χ4v) is 3.23. The summed E-state index contributed by atoms with van der Waals surface area (Å²) in [5.74, 6) is 0.958. The SMILES string of the molecule is COc1ccccc1CN1CCN(CC(O)c2ccccc2)CC1.